The van der Waals surface area contributed by atoms with Crippen molar-refractivity contribution < 1.29 is 4.79 Å². The Labute approximate surface area is 133 Å². The third-order valence-corrected chi connectivity index (χ3v) is 6.73. The fourth-order valence-corrected chi connectivity index (χ4v) is 4.84. The van der Waals surface area contributed by atoms with Crippen LogP contribution >= 0.6 is 34.8 Å². The van der Waals surface area contributed by atoms with Crippen molar-refractivity contribution >= 4 is 64.5 Å². The van der Waals surface area contributed by atoms with Gasteiger partial charge in [-0.15, -0.1) is 0 Å². The average molecular weight is 375 g/mol. The molecule has 0 aromatic heterocycles. The summed E-state index contributed by atoms with van der Waals surface area (Å²) in [5.41, 5.74) is 0.943. The van der Waals surface area contributed by atoms with Gasteiger partial charge in [-0.25, -0.2) is 0 Å². The van der Waals surface area contributed by atoms with E-state index in [9.17, 15) is 4.79 Å². The van der Waals surface area contributed by atoms with Gasteiger partial charge in [-0.1, -0.05) is 0 Å². The normalized spacial score (nSPS) is 11.1. The van der Waals surface area contributed by atoms with E-state index in [1.807, 2.05) is 42.5 Å². The van der Waals surface area contributed by atoms with Crippen LogP contribution in [0, 0.1) is 0 Å². The van der Waals surface area contributed by atoms with Crippen molar-refractivity contribution in [1.82, 2.24) is 0 Å². The van der Waals surface area contributed by atoms with Crippen molar-refractivity contribution in [3.63, 3.8) is 0 Å². The van der Waals surface area contributed by atoms with Crippen molar-refractivity contribution in [2.45, 2.75) is 6.42 Å². The SMILES string of the molecule is O=C(Cl)Cc1ccccc1[As]c1c(Cl)cccc1Cl. The molecule has 1 radical (unpaired) electrons. The zero-order valence-corrected chi connectivity index (χ0v) is 13.9. The minimum absolute atomic E-state index is 0.232. The van der Waals surface area contributed by atoms with E-state index in [0.29, 0.717) is 10.0 Å². The number of carbonyl (C=O) groups excluding carboxylic acids is 1. The third kappa shape index (κ3) is 4.00. The summed E-state index contributed by atoms with van der Waals surface area (Å²) in [7, 11) is 0. The predicted molar refractivity (Wildman–Crippen MR) is 82.5 cm³/mol. The predicted octanol–water partition coefficient (Wildman–Crippen LogP) is 2.96. The summed E-state index contributed by atoms with van der Waals surface area (Å²) in [6.07, 6.45) is 0.232. The van der Waals surface area contributed by atoms with E-state index in [1.54, 1.807) is 0 Å². The van der Waals surface area contributed by atoms with E-state index in [-0.39, 0.29) is 27.4 Å². The van der Waals surface area contributed by atoms with Gasteiger partial charge in [0.1, 0.15) is 0 Å². The summed E-state index contributed by atoms with van der Waals surface area (Å²) in [6, 6.07) is 13.2. The van der Waals surface area contributed by atoms with Gasteiger partial charge >= 0.3 is 134 Å². The number of rotatable bonds is 4. The number of carbonyl (C=O) groups is 1. The molecule has 1 nitrogen and oxygen atoms in total. The van der Waals surface area contributed by atoms with Crippen molar-refractivity contribution in [3.05, 3.63) is 58.1 Å². The van der Waals surface area contributed by atoms with Crippen LogP contribution in [0.15, 0.2) is 42.5 Å². The van der Waals surface area contributed by atoms with Crippen LogP contribution in [0.4, 0.5) is 0 Å². The molecule has 5 heteroatoms. The Hall–Kier alpha value is -0.462. The molecule has 0 aliphatic carbocycles. The average Bonchev–Trinajstić information content (AvgIpc) is 2.35. The Kier molecular flexibility index (Phi) is 5.35. The van der Waals surface area contributed by atoms with E-state index in [1.165, 1.54) is 0 Å². The number of benzene rings is 2. The summed E-state index contributed by atoms with van der Waals surface area (Å²) in [4.78, 5) is 11.1. The van der Waals surface area contributed by atoms with Crippen LogP contribution in [0.3, 0.4) is 0 Å². The topological polar surface area (TPSA) is 17.1 Å². The molecule has 0 amide bonds. The Morgan fingerprint density at radius 1 is 1.00 bits per heavy atom. The van der Waals surface area contributed by atoms with E-state index < -0.39 is 0 Å². The van der Waals surface area contributed by atoms with Crippen LogP contribution < -0.4 is 8.70 Å². The molecule has 0 heterocycles. The first-order valence-electron chi connectivity index (χ1n) is 5.50. The van der Waals surface area contributed by atoms with E-state index in [4.69, 9.17) is 34.8 Å². The molecular formula is C14H9AsCl3O. The first-order chi connectivity index (χ1) is 9.08. The molecule has 0 atom stereocenters. The zero-order valence-electron chi connectivity index (χ0n) is 9.74. The van der Waals surface area contributed by atoms with Gasteiger partial charge < -0.3 is 0 Å². The van der Waals surface area contributed by atoms with E-state index in [2.05, 4.69) is 0 Å². The Morgan fingerprint density at radius 2 is 1.63 bits per heavy atom. The van der Waals surface area contributed by atoms with Crippen LogP contribution in [0.25, 0.3) is 0 Å². The summed E-state index contributed by atoms with van der Waals surface area (Å²) < 4.78 is 2.05. The monoisotopic (exact) mass is 373 g/mol. The molecule has 0 fully saturated rings. The van der Waals surface area contributed by atoms with Crippen molar-refractivity contribution in [2.75, 3.05) is 0 Å². The molecule has 0 unspecified atom stereocenters. The number of halogens is 3. The second-order valence-electron chi connectivity index (χ2n) is 3.84. The van der Waals surface area contributed by atoms with Gasteiger partial charge in [-0.2, -0.15) is 0 Å². The quantitative estimate of drug-likeness (QED) is 0.594. The number of hydrogen-bond donors (Lipinski definition) is 0. The van der Waals surface area contributed by atoms with Crippen LogP contribution in [0.1, 0.15) is 5.56 Å². The Balaban J connectivity index is 2.36. The van der Waals surface area contributed by atoms with E-state index >= 15 is 0 Å². The van der Waals surface area contributed by atoms with Crippen LogP contribution in [0.5, 0.6) is 0 Å². The van der Waals surface area contributed by atoms with E-state index in [0.717, 1.165) is 14.3 Å². The van der Waals surface area contributed by atoms with Gasteiger partial charge in [-0.05, 0) is 0 Å². The molecule has 2 aromatic carbocycles. The van der Waals surface area contributed by atoms with Gasteiger partial charge in [-0.3, -0.25) is 0 Å². The van der Waals surface area contributed by atoms with Crippen molar-refractivity contribution in [1.29, 1.82) is 0 Å². The fraction of sp³-hybridized carbons (Fsp3) is 0.0714. The second kappa shape index (κ2) is 6.81. The van der Waals surface area contributed by atoms with Crippen LogP contribution in [-0.2, 0) is 11.2 Å². The molecule has 2 rings (SSSR count). The zero-order chi connectivity index (χ0) is 13.8. The number of hydrogen-bond acceptors (Lipinski definition) is 1. The first kappa shape index (κ1) is 14.9. The molecule has 0 bridgehead atoms. The maximum atomic E-state index is 11.1. The van der Waals surface area contributed by atoms with Crippen molar-refractivity contribution in [2.24, 2.45) is 0 Å². The Morgan fingerprint density at radius 3 is 2.26 bits per heavy atom. The molecule has 2 aromatic rings. The van der Waals surface area contributed by atoms with Crippen molar-refractivity contribution in [3.8, 4) is 0 Å². The van der Waals surface area contributed by atoms with Crippen LogP contribution in [-0.4, -0.2) is 21.0 Å². The molecule has 0 saturated heterocycles. The molecule has 0 aliphatic heterocycles. The summed E-state index contributed by atoms with van der Waals surface area (Å²) in [6.45, 7) is 0. The molecule has 0 spiro atoms. The fourth-order valence-electron chi connectivity index (χ4n) is 1.64. The van der Waals surface area contributed by atoms with Gasteiger partial charge in [0.15, 0.2) is 0 Å². The first-order valence-corrected chi connectivity index (χ1v) is 8.51. The third-order valence-electron chi connectivity index (χ3n) is 2.49. The van der Waals surface area contributed by atoms with Gasteiger partial charge in [0.25, 0.3) is 0 Å². The summed E-state index contributed by atoms with van der Waals surface area (Å²) in [5.74, 6) is 0. The molecular weight excluding hydrogens is 365 g/mol. The van der Waals surface area contributed by atoms with Gasteiger partial charge in [0.2, 0.25) is 0 Å². The van der Waals surface area contributed by atoms with Gasteiger partial charge in [0, 0.05) is 0 Å². The second-order valence-corrected chi connectivity index (χ2v) is 7.50. The molecule has 0 N–H and O–H groups in total. The molecule has 97 valence electrons. The minimum atomic E-state index is -0.377. The molecule has 19 heavy (non-hydrogen) atoms. The van der Waals surface area contributed by atoms with Crippen LogP contribution in [0.2, 0.25) is 10.0 Å². The summed E-state index contributed by atoms with van der Waals surface area (Å²) >= 11 is 17.5. The van der Waals surface area contributed by atoms with Gasteiger partial charge in [0.05, 0.1) is 0 Å². The maximum absolute atomic E-state index is 11.1. The standard InChI is InChI=1S/C14H9AsCl3O/c16-11-6-3-7-12(17)14(11)15-10-5-2-1-4-9(10)8-13(18)19/h1-7H,8H2. The molecule has 0 aliphatic rings. The summed E-state index contributed by atoms with van der Waals surface area (Å²) in [5, 5.41) is 0.970. The Bertz CT molecular complexity index is 593. The molecule has 0 saturated carbocycles.